The number of rotatable bonds is 2. The van der Waals surface area contributed by atoms with E-state index in [9.17, 15) is 4.79 Å². The maximum absolute atomic E-state index is 13.1. The van der Waals surface area contributed by atoms with E-state index in [1.807, 2.05) is 24.3 Å². The Bertz CT molecular complexity index is 869. The highest BCUT2D eigenvalue weighted by molar-refractivity contribution is 7.21. The quantitative estimate of drug-likeness (QED) is 0.683. The van der Waals surface area contributed by atoms with Crippen molar-refractivity contribution in [2.24, 2.45) is 16.7 Å². The summed E-state index contributed by atoms with van der Waals surface area (Å²) in [7, 11) is 0. The number of benzene rings is 1. The van der Waals surface area contributed by atoms with Crippen LogP contribution >= 0.6 is 22.9 Å². The van der Waals surface area contributed by atoms with Crippen LogP contribution in [-0.4, -0.2) is 11.4 Å². The van der Waals surface area contributed by atoms with Crippen LogP contribution in [0.15, 0.2) is 24.3 Å². The number of amides is 1. The summed E-state index contributed by atoms with van der Waals surface area (Å²) in [6.07, 6.45) is 7.39. The number of nitrogens with one attached hydrogen (secondary N) is 1. The van der Waals surface area contributed by atoms with Crippen LogP contribution in [0.2, 0.25) is 5.02 Å². The van der Waals surface area contributed by atoms with Crippen molar-refractivity contribution in [1.29, 1.82) is 0 Å². The molecule has 2 atom stereocenters. The summed E-state index contributed by atoms with van der Waals surface area (Å²) in [4.78, 5) is 13.8. The molecule has 2 aromatic rings. The van der Waals surface area contributed by atoms with Crippen molar-refractivity contribution in [3.63, 3.8) is 0 Å². The monoisotopic (exact) mass is 373 g/mol. The van der Waals surface area contributed by atoms with Crippen LogP contribution in [0.5, 0.6) is 0 Å². The minimum atomic E-state index is -0.0283. The molecule has 2 nitrogen and oxygen atoms in total. The second-order valence-corrected chi connectivity index (χ2v) is 11.0. The SMILES string of the molecule is C[C@@]12CC3CC(NC(=O)c4sc5ccccc5c4Cl)(C1)C[C@@](C)(C3)C2. The third-order valence-corrected chi connectivity index (χ3v) is 8.42. The van der Waals surface area contributed by atoms with Gasteiger partial charge in [-0.2, -0.15) is 0 Å². The van der Waals surface area contributed by atoms with E-state index in [-0.39, 0.29) is 11.4 Å². The third-order valence-electron chi connectivity index (χ3n) is 6.75. The van der Waals surface area contributed by atoms with Crippen LogP contribution in [0, 0.1) is 16.7 Å². The molecule has 0 aliphatic heterocycles. The van der Waals surface area contributed by atoms with Crippen molar-refractivity contribution in [2.45, 2.75) is 57.9 Å². The van der Waals surface area contributed by atoms with Crippen molar-refractivity contribution in [1.82, 2.24) is 5.32 Å². The Morgan fingerprint density at radius 3 is 2.44 bits per heavy atom. The molecular formula is C21H24ClNOS. The van der Waals surface area contributed by atoms with Gasteiger partial charge in [0.05, 0.1) is 5.02 Å². The molecule has 1 amide bonds. The fourth-order valence-electron chi connectivity index (χ4n) is 7.04. The number of hydrogen-bond acceptors (Lipinski definition) is 2. The molecule has 1 aromatic carbocycles. The summed E-state index contributed by atoms with van der Waals surface area (Å²) < 4.78 is 1.09. The van der Waals surface area contributed by atoms with Crippen LogP contribution in [0.1, 0.15) is 62.0 Å². The molecule has 4 aliphatic rings. The van der Waals surface area contributed by atoms with Gasteiger partial charge >= 0.3 is 0 Å². The standard InChI is InChI=1S/C21H24ClNOS/c1-19-7-13-8-20(2,10-19)12-21(9-13,11-19)23-18(24)17-16(22)14-5-3-4-6-15(14)25-17/h3-6,13H,7-12H2,1-2H3,(H,23,24)/t13?,19-,20-,21?/m0/s1. The van der Waals surface area contributed by atoms with E-state index in [1.165, 1.54) is 30.6 Å². The number of fused-ring (bicyclic) bond motifs is 1. The van der Waals surface area contributed by atoms with Crippen molar-refractivity contribution in [3.8, 4) is 0 Å². The van der Waals surface area contributed by atoms with Crippen molar-refractivity contribution < 1.29 is 4.79 Å². The van der Waals surface area contributed by atoms with Gasteiger partial charge in [-0.15, -0.1) is 11.3 Å². The first kappa shape index (κ1) is 16.1. The molecule has 0 unspecified atom stereocenters. The van der Waals surface area contributed by atoms with Gasteiger partial charge in [0.15, 0.2) is 0 Å². The topological polar surface area (TPSA) is 29.1 Å². The molecule has 4 heteroatoms. The van der Waals surface area contributed by atoms with Crippen LogP contribution in [-0.2, 0) is 0 Å². The molecule has 0 saturated heterocycles. The Morgan fingerprint density at radius 2 is 1.80 bits per heavy atom. The maximum atomic E-state index is 13.1. The largest absolute Gasteiger partial charge is 0.346 e. The summed E-state index contributed by atoms with van der Waals surface area (Å²) in [5.41, 5.74) is 0.760. The summed E-state index contributed by atoms with van der Waals surface area (Å²) in [6, 6.07) is 8.01. The molecule has 132 valence electrons. The van der Waals surface area contributed by atoms with Gasteiger partial charge in [-0.25, -0.2) is 0 Å². The number of carbonyl (C=O) groups excluding carboxylic acids is 1. The zero-order valence-electron chi connectivity index (χ0n) is 14.8. The van der Waals surface area contributed by atoms with Gasteiger partial charge in [-0.1, -0.05) is 43.6 Å². The van der Waals surface area contributed by atoms with E-state index >= 15 is 0 Å². The Hall–Kier alpha value is -1.06. The molecule has 6 rings (SSSR count). The van der Waals surface area contributed by atoms with E-state index < -0.39 is 0 Å². The average Bonchev–Trinajstić information content (AvgIpc) is 2.81. The van der Waals surface area contributed by atoms with Gasteiger partial charge in [0, 0.05) is 15.6 Å². The van der Waals surface area contributed by atoms with E-state index in [0.29, 0.717) is 20.7 Å². The molecule has 1 N–H and O–H groups in total. The normalized spacial score (nSPS) is 39.1. The Labute approximate surface area is 157 Å². The minimum absolute atomic E-state index is 0.0281. The fraction of sp³-hybridized carbons (Fsp3) is 0.571. The number of halogens is 1. The van der Waals surface area contributed by atoms with Gasteiger partial charge in [0.1, 0.15) is 4.88 Å². The third kappa shape index (κ3) is 2.46. The predicted octanol–water partition coefficient (Wildman–Crippen LogP) is 6.03. The molecule has 0 radical (unpaired) electrons. The van der Waals surface area contributed by atoms with Crippen LogP contribution in [0.4, 0.5) is 0 Å². The lowest BCUT2D eigenvalue weighted by atomic mass is 9.43. The molecule has 4 saturated carbocycles. The number of hydrogen-bond donors (Lipinski definition) is 1. The minimum Gasteiger partial charge on any atom is -0.346 e. The van der Waals surface area contributed by atoms with Crippen LogP contribution < -0.4 is 5.32 Å². The molecular weight excluding hydrogens is 350 g/mol. The first-order valence-corrected chi connectivity index (χ1v) is 10.5. The molecule has 1 heterocycles. The van der Waals surface area contributed by atoms with Gasteiger partial charge in [-0.05, 0) is 61.3 Å². The van der Waals surface area contributed by atoms with E-state index in [4.69, 9.17) is 11.6 Å². The van der Waals surface area contributed by atoms with E-state index in [2.05, 4.69) is 19.2 Å². The number of carbonyl (C=O) groups is 1. The summed E-state index contributed by atoms with van der Waals surface area (Å²) in [5.74, 6) is 0.796. The van der Waals surface area contributed by atoms with Gasteiger partial charge < -0.3 is 5.32 Å². The fourth-order valence-corrected chi connectivity index (χ4v) is 8.46. The lowest BCUT2D eigenvalue weighted by molar-refractivity contribution is -0.114. The highest BCUT2D eigenvalue weighted by Crippen LogP contribution is 2.66. The van der Waals surface area contributed by atoms with Crippen LogP contribution in [0.3, 0.4) is 0 Å². The Morgan fingerprint density at radius 1 is 1.12 bits per heavy atom. The Kier molecular flexibility index (Phi) is 3.24. The molecule has 0 spiro atoms. The van der Waals surface area contributed by atoms with Crippen molar-refractivity contribution in [2.75, 3.05) is 0 Å². The van der Waals surface area contributed by atoms with Crippen molar-refractivity contribution in [3.05, 3.63) is 34.2 Å². The Balaban J connectivity index is 1.48. The summed E-state index contributed by atoms with van der Waals surface area (Å²) in [5, 5.41) is 5.08. The molecule has 25 heavy (non-hydrogen) atoms. The smallest absolute Gasteiger partial charge is 0.263 e. The van der Waals surface area contributed by atoms with Crippen molar-refractivity contribution >= 4 is 38.9 Å². The average molecular weight is 374 g/mol. The molecule has 4 fully saturated rings. The van der Waals surface area contributed by atoms with Crippen LogP contribution in [0.25, 0.3) is 10.1 Å². The molecule has 1 aromatic heterocycles. The lowest BCUT2D eigenvalue weighted by Gasteiger charge is -2.65. The highest BCUT2D eigenvalue weighted by Gasteiger charge is 2.60. The second kappa shape index (κ2) is 5.01. The summed E-state index contributed by atoms with van der Waals surface area (Å²) in [6.45, 7) is 4.87. The molecule has 4 aliphatic carbocycles. The van der Waals surface area contributed by atoms with Gasteiger partial charge in [0.2, 0.25) is 0 Å². The van der Waals surface area contributed by atoms with E-state index in [0.717, 1.165) is 35.3 Å². The first-order chi connectivity index (χ1) is 11.8. The number of thiophene rings is 1. The molecule has 4 bridgehead atoms. The van der Waals surface area contributed by atoms with Gasteiger partial charge in [0.25, 0.3) is 5.91 Å². The van der Waals surface area contributed by atoms with Gasteiger partial charge in [-0.3, -0.25) is 4.79 Å². The van der Waals surface area contributed by atoms with E-state index in [1.54, 1.807) is 0 Å². The zero-order valence-corrected chi connectivity index (χ0v) is 16.4. The highest BCUT2D eigenvalue weighted by atomic mass is 35.5. The summed E-state index contributed by atoms with van der Waals surface area (Å²) >= 11 is 8.06. The second-order valence-electron chi connectivity index (χ2n) is 9.61. The predicted molar refractivity (Wildman–Crippen MR) is 104 cm³/mol. The zero-order chi connectivity index (χ0) is 17.4. The lowest BCUT2D eigenvalue weighted by Crippen LogP contribution is -2.65. The maximum Gasteiger partial charge on any atom is 0.263 e. The first-order valence-electron chi connectivity index (χ1n) is 9.29.